The Morgan fingerprint density at radius 3 is 2.86 bits per heavy atom. The summed E-state index contributed by atoms with van der Waals surface area (Å²) >= 11 is 0. The predicted molar refractivity (Wildman–Crippen MR) is 51.6 cm³/mol. The number of hydrogen-bond donors (Lipinski definition) is 1. The quantitative estimate of drug-likeness (QED) is 0.743. The van der Waals surface area contributed by atoms with Gasteiger partial charge in [-0.05, 0) is 31.0 Å². The molecule has 0 saturated carbocycles. The number of pyridine rings is 1. The number of fused-ring (bicyclic) bond motifs is 1. The van der Waals surface area contributed by atoms with Crippen molar-refractivity contribution in [2.24, 2.45) is 0 Å². The van der Waals surface area contributed by atoms with E-state index in [1.54, 1.807) is 4.40 Å². The molecule has 4 nitrogen and oxygen atoms in total. The van der Waals surface area contributed by atoms with Crippen LogP contribution in [0.4, 0.5) is 0 Å². The van der Waals surface area contributed by atoms with E-state index in [2.05, 4.69) is 4.98 Å². The molecule has 0 fully saturated rings. The monoisotopic (exact) mass is 190 g/mol. The van der Waals surface area contributed by atoms with E-state index >= 15 is 0 Å². The molecule has 14 heavy (non-hydrogen) atoms. The Balaban J connectivity index is 2.77. The van der Waals surface area contributed by atoms with Crippen LogP contribution in [0, 0.1) is 13.8 Å². The van der Waals surface area contributed by atoms with Crippen LogP contribution in [-0.4, -0.2) is 20.5 Å². The standard InChI is InChI=1S/C10H10N2O2/c1-6-3-4-12-5-8(10(13)14)11-9(12)7(6)2/h3-5H,1-2H3,(H,13,14). The summed E-state index contributed by atoms with van der Waals surface area (Å²) in [6.07, 6.45) is 3.33. The molecule has 0 aliphatic carbocycles. The Kier molecular flexibility index (Phi) is 1.77. The molecule has 4 heteroatoms. The Morgan fingerprint density at radius 1 is 1.50 bits per heavy atom. The summed E-state index contributed by atoms with van der Waals surface area (Å²) in [5.74, 6) is -0.995. The van der Waals surface area contributed by atoms with Crippen LogP contribution in [0.5, 0.6) is 0 Å². The van der Waals surface area contributed by atoms with Crippen LogP contribution < -0.4 is 0 Å². The van der Waals surface area contributed by atoms with Gasteiger partial charge < -0.3 is 9.51 Å². The molecule has 0 bridgehead atoms. The zero-order valence-corrected chi connectivity index (χ0v) is 7.98. The average Bonchev–Trinajstić information content (AvgIpc) is 2.56. The summed E-state index contributed by atoms with van der Waals surface area (Å²) < 4.78 is 1.73. The van der Waals surface area contributed by atoms with E-state index in [0.29, 0.717) is 5.65 Å². The van der Waals surface area contributed by atoms with Crippen LogP contribution in [0.15, 0.2) is 18.5 Å². The molecular weight excluding hydrogens is 180 g/mol. The molecule has 0 aromatic carbocycles. The Morgan fingerprint density at radius 2 is 2.21 bits per heavy atom. The zero-order valence-electron chi connectivity index (χ0n) is 7.98. The highest BCUT2D eigenvalue weighted by molar-refractivity contribution is 5.86. The second kappa shape index (κ2) is 2.83. The molecule has 0 aliphatic rings. The minimum absolute atomic E-state index is 0.0821. The summed E-state index contributed by atoms with van der Waals surface area (Å²) in [5, 5.41) is 8.77. The number of aryl methyl sites for hydroxylation is 2. The van der Waals surface area contributed by atoms with E-state index in [0.717, 1.165) is 11.1 Å². The highest BCUT2D eigenvalue weighted by Gasteiger charge is 2.10. The highest BCUT2D eigenvalue weighted by atomic mass is 16.4. The van der Waals surface area contributed by atoms with Crippen molar-refractivity contribution in [2.75, 3.05) is 0 Å². The molecule has 0 aliphatic heterocycles. The highest BCUT2D eigenvalue weighted by Crippen LogP contribution is 2.14. The van der Waals surface area contributed by atoms with E-state index in [1.807, 2.05) is 26.1 Å². The maximum atomic E-state index is 10.7. The molecule has 0 unspecified atom stereocenters. The van der Waals surface area contributed by atoms with Crippen molar-refractivity contribution in [3.05, 3.63) is 35.3 Å². The molecule has 2 rings (SSSR count). The zero-order chi connectivity index (χ0) is 10.3. The summed E-state index contributed by atoms with van der Waals surface area (Å²) in [5.41, 5.74) is 2.92. The summed E-state index contributed by atoms with van der Waals surface area (Å²) in [6, 6.07) is 1.94. The van der Waals surface area contributed by atoms with Crippen LogP contribution in [0.2, 0.25) is 0 Å². The fourth-order valence-corrected chi connectivity index (χ4v) is 1.38. The van der Waals surface area contributed by atoms with Crippen molar-refractivity contribution in [1.29, 1.82) is 0 Å². The second-order valence-electron chi connectivity index (χ2n) is 3.29. The maximum absolute atomic E-state index is 10.7. The fourth-order valence-electron chi connectivity index (χ4n) is 1.38. The average molecular weight is 190 g/mol. The first kappa shape index (κ1) is 8.74. The largest absolute Gasteiger partial charge is 0.476 e. The number of aromatic carboxylic acids is 1. The van der Waals surface area contributed by atoms with Crippen LogP contribution in [0.1, 0.15) is 21.6 Å². The Hall–Kier alpha value is -1.84. The van der Waals surface area contributed by atoms with E-state index in [9.17, 15) is 4.79 Å². The molecule has 2 aromatic rings. The molecule has 72 valence electrons. The lowest BCUT2D eigenvalue weighted by atomic mass is 10.2. The lowest BCUT2D eigenvalue weighted by molar-refractivity contribution is 0.0691. The van der Waals surface area contributed by atoms with E-state index < -0.39 is 5.97 Å². The van der Waals surface area contributed by atoms with Gasteiger partial charge in [-0.2, -0.15) is 0 Å². The molecule has 1 N–H and O–H groups in total. The number of hydrogen-bond acceptors (Lipinski definition) is 2. The minimum atomic E-state index is -0.995. The summed E-state index contributed by atoms with van der Waals surface area (Å²) in [7, 11) is 0. The molecule has 0 radical (unpaired) electrons. The fraction of sp³-hybridized carbons (Fsp3) is 0.200. The van der Waals surface area contributed by atoms with E-state index in [1.165, 1.54) is 6.20 Å². The van der Waals surface area contributed by atoms with Gasteiger partial charge in [0.25, 0.3) is 0 Å². The van der Waals surface area contributed by atoms with Gasteiger partial charge in [-0.15, -0.1) is 0 Å². The Labute approximate surface area is 80.8 Å². The van der Waals surface area contributed by atoms with Gasteiger partial charge >= 0.3 is 5.97 Å². The van der Waals surface area contributed by atoms with Gasteiger partial charge in [-0.25, -0.2) is 9.78 Å². The number of aromatic nitrogens is 2. The first-order valence-electron chi connectivity index (χ1n) is 4.28. The van der Waals surface area contributed by atoms with Gasteiger partial charge in [0.15, 0.2) is 5.69 Å². The summed E-state index contributed by atoms with van der Waals surface area (Å²) in [6.45, 7) is 3.91. The molecule has 2 heterocycles. The third kappa shape index (κ3) is 1.16. The third-order valence-electron chi connectivity index (χ3n) is 2.36. The molecule has 0 amide bonds. The van der Waals surface area contributed by atoms with Crippen molar-refractivity contribution in [1.82, 2.24) is 9.38 Å². The van der Waals surface area contributed by atoms with Crippen molar-refractivity contribution < 1.29 is 9.90 Å². The van der Waals surface area contributed by atoms with Crippen molar-refractivity contribution in [2.45, 2.75) is 13.8 Å². The van der Waals surface area contributed by atoms with Crippen molar-refractivity contribution in [3.63, 3.8) is 0 Å². The van der Waals surface area contributed by atoms with Crippen molar-refractivity contribution in [3.8, 4) is 0 Å². The first-order valence-corrected chi connectivity index (χ1v) is 4.28. The molecule has 0 atom stereocenters. The lowest BCUT2D eigenvalue weighted by Gasteiger charge is -2.00. The van der Waals surface area contributed by atoms with Gasteiger partial charge in [0.1, 0.15) is 5.65 Å². The van der Waals surface area contributed by atoms with Crippen LogP contribution >= 0.6 is 0 Å². The van der Waals surface area contributed by atoms with Gasteiger partial charge in [0, 0.05) is 12.4 Å². The van der Waals surface area contributed by atoms with Crippen LogP contribution in [0.25, 0.3) is 5.65 Å². The van der Waals surface area contributed by atoms with Gasteiger partial charge in [0.2, 0.25) is 0 Å². The SMILES string of the molecule is Cc1ccn2cc(C(=O)O)nc2c1C. The second-order valence-corrected chi connectivity index (χ2v) is 3.29. The number of carboxylic acid groups (broad SMARTS) is 1. The van der Waals surface area contributed by atoms with Gasteiger partial charge in [-0.1, -0.05) is 0 Å². The minimum Gasteiger partial charge on any atom is -0.476 e. The molecule has 2 aromatic heterocycles. The molecule has 0 saturated heterocycles. The van der Waals surface area contributed by atoms with Gasteiger partial charge in [-0.3, -0.25) is 0 Å². The van der Waals surface area contributed by atoms with Crippen LogP contribution in [-0.2, 0) is 0 Å². The lowest BCUT2D eigenvalue weighted by Crippen LogP contribution is -1.95. The van der Waals surface area contributed by atoms with Crippen molar-refractivity contribution >= 4 is 11.6 Å². The topological polar surface area (TPSA) is 54.6 Å². The van der Waals surface area contributed by atoms with E-state index in [4.69, 9.17) is 5.11 Å². The number of nitrogens with zero attached hydrogens (tertiary/aromatic N) is 2. The molecular formula is C10H10N2O2. The van der Waals surface area contributed by atoms with E-state index in [-0.39, 0.29) is 5.69 Å². The third-order valence-corrected chi connectivity index (χ3v) is 2.36. The maximum Gasteiger partial charge on any atom is 0.356 e. The number of imidazole rings is 1. The number of rotatable bonds is 1. The Bertz CT molecular complexity index is 514. The van der Waals surface area contributed by atoms with Gasteiger partial charge in [0.05, 0.1) is 0 Å². The normalized spacial score (nSPS) is 10.7. The smallest absolute Gasteiger partial charge is 0.356 e. The predicted octanol–water partition coefficient (Wildman–Crippen LogP) is 1.65. The first-order chi connectivity index (χ1) is 6.59. The molecule has 0 spiro atoms. The number of carbonyl (C=O) groups is 1. The van der Waals surface area contributed by atoms with Crippen LogP contribution in [0.3, 0.4) is 0 Å². The number of carboxylic acids is 1. The summed E-state index contributed by atoms with van der Waals surface area (Å²) in [4.78, 5) is 14.7.